The van der Waals surface area contributed by atoms with Crippen molar-refractivity contribution in [1.29, 1.82) is 0 Å². The summed E-state index contributed by atoms with van der Waals surface area (Å²) in [5.41, 5.74) is 0. The van der Waals surface area contributed by atoms with Crippen molar-refractivity contribution >= 4 is 12.0 Å². The minimum Gasteiger partial charge on any atom is -0.171 e. The van der Waals surface area contributed by atoms with Crippen LogP contribution >= 0.6 is 0 Å². The molecular weight excluding hydrogens is 72.1 g/mol. The van der Waals surface area contributed by atoms with Gasteiger partial charge in [-0.15, -0.1) is 0 Å². The van der Waals surface area contributed by atoms with E-state index in [0.29, 0.717) is 0 Å². The van der Waals surface area contributed by atoms with Crippen LogP contribution in [0.4, 0.5) is 0 Å². The average Bonchev–Trinajstić information content (AvgIpc) is 0.722. The van der Waals surface area contributed by atoms with Crippen molar-refractivity contribution in [2.75, 3.05) is 12.4 Å². The summed E-state index contributed by atoms with van der Waals surface area (Å²) < 4.78 is 4.69. The van der Waals surface area contributed by atoms with Gasteiger partial charge in [0.1, 0.15) is 12.0 Å². The van der Waals surface area contributed by atoms with Crippen molar-refractivity contribution in [1.82, 2.24) is 0 Å². The van der Waals surface area contributed by atoms with Gasteiger partial charge in [0, 0.05) is 0 Å². The van der Waals surface area contributed by atoms with E-state index in [0.717, 1.165) is 6.61 Å². The Morgan fingerprint density at radius 3 is 2.00 bits per heavy atom. The molecule has 0 aliphatic carbocycles. The summed E-state index contributed by atoms with van der Waals surface area (Å²) in [5, 5.41) is 0. The Labute approximate surface area is 29.5 Å². The molecule has 1 heterocycles. The molecule has 0 unspecified atom stereocenters. The van der Waals surface area contributed by atoms with Gasteiger partial charge in [-0.25, -0.2) is 0 Å². The third kappa shape index (κ3) is 0.213. The zero-order chi connectivity index (χ0) is 2.83. The maximum absolute atomic E-state index is 4.69. The molecule has 0 amide bonds. The fourth-order valence-corrected chi connectivity index (χ4v) is 0.274. The van der Waals surface area contributed by atoms with Crippen molar-refractivity contribution < 1.29 is 4.18 Å². The summed E-state index contributed by atoms with van der Waals surface area (Å²) in [4.78, 5) is 0. The second-order valence-corrected chi connectivity index (χ2v) is 1.65. The largest absolute Gasteiger partial charge is 0.171 e. The highest BCUT2D eigenvalue weighted by atomic mass is 32.2. The topological polar surface area (TPSA) is 9.23 Å². The van der Waals surface area contributed by atoms with Crippen LogP contribution < -0.4 is 0 Å². The van der Waals surface area contributed by atoms with Crippen LogP contribution in [0.25, 0.3) is 0 Å². The predicted molar refractivity (Wildman–Crippen MR) is 19.6 cm³/mol. The van der Waals surface area contributed by atoms with Crippen LogP contribution in [0.5, 0.6) is 0 Å². The molecular formula is C2H5OS+. The maximum atomic E-state index is 4.69. The molecule has 24 valence electrons. The Morgan fingerprint density at radius 1 is 1.75 bits per heavy atom. The maximum Gasteiger partial charge on any atom is 0.167 e. The highest BCUT2D eigenvalue weighted by Gasteiger charge is 2.08. The van der Waals surface area contributed by atoms with Gasteiger partial charge in [-0.3, -0.25) is 0 Å². The Morgan fingerprint density at radius 2 is 2.00 bits per heavy atom. The normalized spacial score (nSPS) is 24.0. The van der Waals surface area contributed by atoms with Crippen molar-refractivity contribution in [2.45, 2.75) is 0 Å². The SMILES string of the molecule is C1C[SH+]O1. The quantitative estimate of drug-likeness (QED) is 0.286. The predicted octanol–water partition coefficient (Wildman–Crippen LogP) is -0.254. The van der Waals surface area contributed by atoms with Gasteiger partial charge in [0.2, 0.25) is 0 Å². The number of thiol groups is 1. The molecule has 0 aromatic rings. The van der Waals surface area contributed by atoms with Gasteiger partial charge in [-0.1, -0.05) is 0 Å². The fourth-order valence-electron chi connectivity index (χ4n) is 0.0913. The Kier molecular flexibility index (Phi) is 0.604. The second kappa shape index (κ2) is 0.951. The third-order valence-electron chi connectivity index (χ3n) is 0.365. The first-order valence-electron chi connectivity index (χ1n) is 1.29. The van der Waals surface area contributed by atoms with Gasteiger partial charge < -0.3 is 0 Å². The Hall–Kier alpha value is 0.310. The second-order valence-electron chi connectivity index (χ2n) is 0.686. The molecule has 2 heteroatoms. The van der Waals surface area contributed by atoms with Crippen molar-refractivity contribution in [3.05, 3.63) is 0 Å². The van der Waals surface area contributed by atoms with Crippen LogP contribution in [-0.4, -0.2) is 12.4 Å². The van der Waals surface area contributed by atoms with E-state index in [1.807, 2.05) is 0 Å². The molecule has 1 fully saturated rings. The summed E-state index contributed by atoms with van der Waals surface area (Å²) >= 11 is 1.18. The smallest absolute Gasteiger partial charge is 0.167 e. The van der Waals surface area contributed by atoms with E-state index in [9.17, 15) is 0 Å². The third-order valence-corrected chi connectivity index (χ3v) is 1.10. The highest BCUT2D eigenvalue weighted by Crippen LogP contribution is 1.89. The van der Waals surface area contributed by atoms with Crippen LogP contribution in [0, 0.1) is 0 Å². The zero-order valence-electron chi connectivity index (χ0n) is 2.27. The molecule has 1 nitrogen and oxygen atoms in total. The van der Waals surface area contributed by atoms with Crippen LogP contribution in [0.15, 0.2) is 0 Å². The van der Waals surface area contributed by atoms with E-state index < -0.39 is 0 Å². The molecule has 0 bridgehead atoms. The van der Waals surface area contributed by atoms with E-state index in [1.54, 1.807) is 0 Å². The summed E-state index contributed by atoms with van der Waals surface area (Å²) in [6, 6.07) is 0. The number of rotatable bonds is 0. The first-order valence-corrected chi connectivity index (χ1v) is 2.29. The van der Waals surface area contributed by atoms with E-state index in [4.69, 9.17) is 4.18 Å². The molecule has 1 saturated heterocycles. The van der Waals surface area contributed by atoms with Gasteiger partial charge in [0.25, 0.3) is 0 Å². The lowest BCUT2D eigenvalue weighted by atomic mass is 10.9. The van der Waals surface area contributed by atoms with Gasteiger partial charge >= 0.3 is 0 Å². The van der Waals surface area contributed by atoms with Crippen LogP contribution in [0.1, 0.15) is 0 Å². The molecule has 0 aromatic heterocycles. The van der Waals surface area contributed by atoms with Crippen molar-refractivity contribution in [3.63, 3.8) is 0 Å². The van der Waals surface area contributed by atoms with Crippen LogP contribution in [0.2, 0.25) is 0 Å². The van der Waals surface area contributed by atoms with Gasteiger partial charge in [0.15, 0.2) is 12.4 Å². The van der Waals surface area contributed by atoms with E-state index >= 15 is 0 Å². The van der Waals surface area contributed by atoms with Crippen molar-refractivity contribution in [2.24, 2.45) is 0 Å². The fraction of sp³-hybridized carbons (Fsp3) is 1.00. The molecule has 1 rings (SSSR count). The van der Waals surface area contributed by atoms with Gasteiger partial charge in [-0.05, 0) is 0 Å². The summed E-state index contributed by atoms with van der Waals surface area (Å²) in [5.74, 6) is 1.25. The van der Waals surface area contributed by atoms with Gasteiger partial charge in [0.05, 0.1) is 0 Å². The molecule has 0 saturated carbocycles. The van der Waals surface area contributed by atoms with E-state index in [-0.39, 0.29) is 0 Å². The minimum absolute atomic E-state index is 0.988. The highest BCUT2D eigenvalue weighted by molar-refractivity contribution is 7.74. The standard InChI is InChI=1S/C2H4OS/c1-2-4-3-1/h1-2H2/p+1. The average molecular weight is 77.1 g/mol. The Balaban J connectivity index is 2.00. The van der Waals surface area contributed by atoms with E-state index in [1.165, 1.54) is 17.8 Å². The van der Waals surface area contributed by atoms with Crippen LogP contribution in [0.3, 0.4) is 0 Å². The molecule has 1 aliphatic heterocycles. The van der Waals surface area contributed by atoms with Crippen molar-refractivity contribution in [3.8, 4) is 0 Å². The Bertz CT molecular complexity index is 14.0. The van der Waals surface area contributed by atoms with Gasteiger partial charge in [-0.2, -0.15) is 4.18 Å². The first kappa shape index (κ1) is 2.54. The lowest BCUT2D eigenvalue weighted by molar-refractivity contribution is 0.356. The number of hydrogen-bond donors (Lipinski definition) is 0. The summed E-state index contributed by atoms with van der Waals surface area (Å²) in [7, 11) is 0. The number of hydrogen-bond acceptors (Lipinski definition) is 1. The monoisotopic (exact) mass is 77.0 g/mol. The summed E-state index contributed by atoms with van der Waals surface area (Å²) in [6.07, 6.45) is 0. The first-order chi connectivity index (χ1) is 2.00. The lowest BCUT2D eigenvalue weighted by Crippen LogP contribution is -2.12. The molecule has 0 aromatic carbocycles. The molecule has 0 radical (unpaired) electrons. The zero-order valence-corrected chi connectivity index (χ0v) is 3.16. The molecule has 0 N–H and O–H groups in total. The summed E-state index contributed by atoms with van der Waals surface area (Å²) in [6.45, 7) is 0.988. The lowest BCUT2D eigenvalue weighted by Gasteiger charge is -1.94. The molecule has 0 spiro atoms. The minimum atomic E-state index is 0.988. The molecule has 4 heavy (non-hydrogen) atoms. The van der Waals surface area contributed by atoms with Crippen LogP contribution in [-0.2, 0) is 16.2 Å². The molecule has 1 aliphatic rings. The van der Waals surface area contributed by atoms with E-state index in [2.05, 4.69) is 0 Å². The molecule has 0 atom stereocenters.